The zero-order valence-electron chi connectivity index (χ0n) is 22.9. The lowest BCUT2D eigenvalue weighted by Crippen LogP contribution is -2.45. The van der Waals surface area contributed by atoms with E-state index in [1.165, 1.54) is 20.4 Å². The SMILES string of the molecule is C#CCOc1c(Br)cc(/C=N\N[C@@H](O)COc2ccc([C@@H]3NC(=O)NC(C)=C3C(=O)OC)cc2OCC)cc1OC. The number of urea groups is 1. The van der Waals surface area contributed by atoms with Gasteiger partial charge < -0.3 is 39.4 Å². The Morgan fingerprint density at radius 2 is 2.00 bits per heavy atom. The summed E-state index contributed by atoms with van der Waals surface area (Å²) in [7, 11) is 2.77. The minimum Gasteiger partial charge on any atom is -0.493 e. The highest BCUT2D eigenvalue weighted by Gasteiger charge is 2.32. The molecule has 218 valence electrons. The second kappa shape index (κ2) is 14.8. The van der Waals surface area contributed by atoms with Gasteiger partial charge in [0.25, 0.3) is 0 Å². The van der Waals surface area contributed by atoms with Crippen LogP contribution in [0, 0.1) is 12.3 Å². The van der Waals surface area contributed by atoms with E-state index in [1.54, 1.807) is 44.2 Å². The molecule has 0 radical (unpaired) electrons. The molecule has 1 aliphatic heterocycles. The molecule has 0 saturated heterocycles. The molecule has 0 saturated carbocycles. The first-order valence-corrected chi connectivity index (χ1v) is 13.2. The number of benzene rings is 2. The summed E-state index contributed by atoms with van der Waals surface area (Å²) in [4.78, 5) is 24.5. The first-order chi connectivity index (χ1) is 19.7. The van der Waals surface area contributed by atoms with Crippen LogP contribution in [0.4, 0.5) is 4.79 Å². The first kappa shape index (κ1) is 31.1. The van der Waals surface area contributed by atoms with Crippen LogP contribution >= 0.6 is 15.9 Å². The number of amides is 2. The number of hydrazone groups is 1. The number of ether oxygens (including phenoxy) is 5. The molecule has 1 heterocycles. The van der Waals surface area contributed by atoms with Crippen LogP contribution in [-0.4, -0.2) is 63.6 Å². The molecule has 0 aliphatic carbocycles. The molecule has 2 atom stereocenters. The summed E-state index contributed by atoms with van der Waals surface area (Å²) < 4.78 is 27.9. The lowest BCUT2D eigenvalue weighted by Gasteiger charge is -2.28. The maximum Gasteiger partial charge on any atom is 0.337 e. The summed E-state index contributed by atoms with van der Waals surface area (Å²) in [5.74, 6) is 3.46. The molecule has 0 aromatic heterocycles. The van der Waals surface area contributed by atoms with Gasteiger partial charge in [0.2, 0.25) is 0 Å². The fraction of sp³-hybridized carbons (Fsp3) is 0.321. The molecular formula is C28H31BrN4O8. The van der Waals surface area contributed by atoms with E-state index in [1.807, 2.05) is 0 Å². The Kier molecular flexibility index (Phi) is 11.3. The highest BCUT2D eigenvalue weighted by molar-refractivity contribution is 9.10. The molecule has 0 unspecified atom stereocenters. The smallest absolute Gasteiger partial charge is 0.337 e. The second-order valence-corrected chi connectivity index (χ2v) is 9.30. The minimum absolute atomic E-state index is 0.0871. The number of nitrogens with zero attached hydrogens (tertiary/aromatic N) is 1. The molecule has 12 nitrogen and oxygen atoms in total. The Morgan fingerprint density at radius 1 is 1.22 bits per heavy atom. The summed E-state index contributed by atoms with van der Waals surface area (Å²) in [6.45, 7) is 3.67. The van der Waals surface area contributed by atoms with Gasteiger partial charge in [0.15, 0.2) is 29.2 Å². The number of allylic oxidation sites excluding steroid dienone is 1. The molecular weight excluding hydrogens is 600 g/mol. The van der Waals surface area contributed by atoms with Crippen molar-refractivity contribution in [3.8, 4) is 35.3 Å². The standard InChI is InChI=1S/C28H31BrN4O8/c1-6-10-40-26-19(29)11-17(12-22(26)37-4)14-30-33-23(34)15-41-20-9-8-18(13-21(20)39-7-2)25-24(27(35)38-5)16(3)31-28(36)32-25/h1,8-9,11-14,23,25,33-34H,7,10,15H2,2-5H3,(H2,31,32,36)/b30-14-/t23-,25-/m0/s1. The van der Waals surface area contributed by atoms with Gasteiger partial charge in [-0.1, -0.05) is 12.0 Å². The lowest BCUT2D eigenvalue weighted by atomic mass is 9.95. The van der Waals surface area contributed by atoms with E-state index < -0.39 is 24.3 Å². The zero-order chi connectivity index (χ0) is 29.9. The number of halogens is 1. The van der Waals surface area contributed by atoms with Crippen LogP contribution in [0.25, 0.3) is 0 Å². The Balaban J connectivity index is 1.69. The van der Waals surface area contributed by atoms with Crippen LogP contribution < -0.4 is 35.0 Å². The van der Waals surface area contributed by atoms with Crippen molar-refractivity contribution >= 4 is 34.1 Å². The van der Waals surface area contributed by atoms with Gasteiger partial charge in [-0.15, -0.1) is 6.42 Å². The van der Waals surface area contributed by atoms with Crippen molar-refractivity contribution in [3.05, 3.63) is 57.2 Å². The van der Waals surface area contributed by atoms with Crippen molar-refractivity contribution in [2.24, 2.45) is 5.10 Å². The van der Waals surface area contributed by atoms with Crippen LogP contribution in [0.2, 0.25) is 0 Å². The maximum absolute atomic E-state index is 12.4. The number of carbonyl (C=O) groups is 2. The average Bonchev–Trinajstić information content (AvgIpc) is 2.95. The summed E-state index contributed by atoms with van der Waals surface area (Å²) in [5.41, 5.74) is 4.48. The van der Waals surface area contributed by atoms with E-state index in [0.29, 0.717) is 50.9 Å². The highest BCUT2D eigenvalue weighted by atomic mass is 79.9. The van der Waals surface area contributed by atoms with Crippen molar-refractivity contribution in [1.29, 1.82) is 0 Å². The molecule has 1 aliphatic rings. The van der Waals surface area contributed by atoms with Crippen LogP contribution in [0.3, 0.4) is 0 Å². The number of aliphatic hydroxyl groups is 1. The monoisotopic (exact) mass is 630 g/mol. The van der Waals surface area contributed by atoms with Crippen molar-refractivity contribution in [1.82, 2.24) is 16.1 Å². The van der Waals surface area contributed by atoms with Gasteiger partial charge in [0.1, 0.15) is 13.2 Å². The molecule has 0 spiro atoms. The van der Waals surface area contributed by atoms with Gasteiger partial charge in [-0.3, -0.25) is 5.43 Å². The minimum atomic E-state index is -1.16. The molecule has 3 rings (SSSR count). The molecule has 0 fully saturated rings. The molecule has 4 N–H and O–H groups in total. The van der Waals surface area contributed by atoms with E-state index >= 15 is 0 Å². The number of hydrogen-bond acceptors (Lipinski definition) is 10. The largest absolute Gasteiger partial charge is 0.493 e. The van der Waals surface area contributed by atoms with Gasteiger partial charge in [0.05, 0.1) is 43.1 Å². The molecule has 41 heavy (non-hydrogen) atoms. The fourth-order valence-electron chi connectivity index (χ4n) is 3.89. The van der Waals surface area contributed by atoms with Crippen molar-refractivity contribution in [3.63, 3.8) is 0 Å². The summed E-state index contributed by atoms with van der Waals surface area (Å²) in [6.07, 6.45) is 5.59. The number of hydrogen-bond donors (Lipinski definition) is 4. The first-order valence-electron chi connectivity index (χ1n) is 12.4. The van der Waals surface area contributed by atoms with Crippen LogP contribution in [0.15, 0.2) is 51.2 Å². The Bertz CT molecular complexity index is 1370. The van der Waals surface area contributed by atoms with E-state index in [0.717, 1.165) is 0 Å². The molecule has 13 heteroatoms. The quantitative estimate of drug-likeness (QED) is 0.0861. The Labute approximate surface area is 246 Å². The van der Waals surface area contributed by atoms with E-state index in [-0.39, 0.29) is 18.8 Å². The highest BCUT2D eigenvalue weighted by Crippen LogP contribution is 2.37. The van der Waals surface area contributed by atoms with Crippen LogP contribution in [0.1, 0.15) is 31.0 Å². The number of methoxy groups -OCH3 is 2. The number of esters is 1. The number of aliphatic hydroxyl groups excluding tert-OH is 1. The third-order valence-corrected chi connectivity index (χ3v) is 6.25. The summed E-state index contributed by atoms with van der Waals surface area (Å²) in [5, 5.41) is 19.7. The maximum atomic E-state index is 12.4. The van der Waals surface area contributed by atoms with E-state index in [9.17, 15) is 14.7 Å². The lowest BCUT2D eigenvalue weighted by molar-refractivity contribution is -0.136. The Hall–Kier alpha value is -4.41. The van der Waals surface area contributed by atoms with Gasteiger partial charge in [-0.05, 0) is 65.2 Å². The van der Waals surface area contributed by atoms with Crippen LogP contribution in [0.5, 0.6) is 23.0 Å². The number of rotatable bonds is 13. The van der Waals surface area contributed by atoms with Gasteiger partial charge >= 0.3 is 12.0 Å². The summed E-state index contributed by atoms with van der Waals surface area (Å²) >= 11 is 3.42. The van der Waals surface area contributed by atoms with Gasteiger partial charge in [-0.2, -0.15) is 5.10 Å². The fourth-order valence-corrected chi connectivity index (χ4v) is 4.46. The zero-order valence-corrected chi connectivity index (χ0v) is 24.5. The normalized spacial score (nSPS) is 15.3. The number of carbonyl (C=O) groups excluding carboxylic acids is 2. The molecule has 2 aromatic carbocycles. The van der Waals surface area contributed by atoms with Crippen molar-refractivity contribution in [2.75, 3.05) is 34.0 Å². The van der Waals surface area contributed by atoms with Gasteiger partial charge in [-0.25, -0.2) is 9.59 Å². The molecule has 0 bridgehead atoms. The third kappa shape index (κ3) is 8.06. The topological polar surface area (TPSA) is 149 Å². The van der Waals surface area contributed by atoms with Crippen molar-refractivity contribution in [2.45, 2.75) is 26.1 Å². The molecule has 2 aromatic rings. The Morgan fingerprint density at radius 3 is 2.68 bits per heavy atom. The van der Waals surface area contributed by atoms with Crippen LogP contribution in [-0.2, 0) is 9.53 Å². The third-order valence-electron chi connectivity index (χ3n) is 5.66. The summed E-state index contributed by atoms with van der Waals surface area (Å²) in [6, 6.07) is 7.21. The number of terminal acetylenes is 1. The number of nitrogens with one attached hydrogen (secondary N) is 3. The molecule has 2 amide bonds. The predicted octanol–water partition coefficient (Wildman–Crippen LogP) is 2.99. The average molecular weight is 631 g/mol. The van der Waals surface area contributed by atoms with Crippen molar-refractivity contribution < 1.29 is 38.4 Å². The van der Waals surface area contributed by atoms with E-state index in [4.69, 9.17) is 30.1 Å². The van der Waals surface area contributed by atoms with Gasteiger partial charge in [0, 0.05) is 5.70 Å². The van der Waals surface area contributed by atoms with E-state index in [2.05, 4.69) is 43.0 Å². The predicted molar refractivity (Wildman–Crippen MR) is 154 cm³/mol. The second-order valence-electron chi connectivity index (χ2n) is 8.44.